The van der Waals surface area contributed by atoms with Crippen LogP contribution in [0.4, 0.5) is 0 Å². The minimum absolute atomic E-state index is 0.474. The Bertz CT molecular complexity index is 600. The predicted molar refractivity (Wildman–Crippen MR) is 90.1 cm³/mol. The smallest absolute Gasteiger partial charge is 0.191 e. The van der Waals surface area contributed by atoms with Crippen molar-refractivity contribution in [2.24, 2.45) is 4.99 Å². The molecule has 2 rings (SSSR count). The van der Waals surface area contributed by atoms with Crippen molar-refractivity contribution in [1.82, 2.24) is 20.6 Å². The van der Waals surface area contributed by atoms with Gasteiger partial charge in [0.05, 0.1) is 30.0 Å². The van der Waals surface area contributed by atoms with Crippen LogP contribution < -0.4 is 10.6 Å². The number of aromatic nitrogens is 2. The van der Waals surface area contributed by atoms with Crippen LogP contribution in [0.1, 0.15) is 41.0 Å². The van der Waals surface area contributed by atoms with E-state index in [0.29, 0.717) is 12.5 Å². The lowest BCUT2D eigenvalue weighted by molar-refractivity contribution is 0.786. The standard InChI is InChI=1S/C14H21N5S2/c1-9(2)11-7-20-13(19-11)6-17-14(15-4)16-5-12-10(3)18-8-21-12/h7-9H,5-6H2,1-4H3,(H2,15,16,17). The minimum atomic E-state index is 0.474. The Balaban J connectivity index is 1.83. The van der Waals surface area contributed by atoms with Crippen LogP contribution in [-0.4, -0.2) is 23.0 Å². The first-order chi connectivity index (χ1) is 10.1. The van der Waals surface area contributed by atoms with Gasteiger partial charge in [0.25, 0.3) is 0 Å². The second-order valence-corrected chi connectivity index (χ2v) is 6.84. The van der Waals surface area contributed by atoms with E-state index in [1.165, 1.54) is 4.88 Å². The summed E-state index contributed by atoms with van der Waals surface area (Å²) in [7, 11) is 1.77. The van der Waals surface area contributed by atoms with Gasteiger partial charge in [-0.3, -0.25) is 4.99 Å². The fraction of sp³-hybridized carbons (Fsp3) is 0.500. The zero-order valence-electron chi connectivity index (χ0n) is 12.8. The second-order valence-electron chi connectivity index (χ2n) is 4.96. The van der Waals surface area contributed by atoms with E-state index in [1.807, 2.05) is 12.4 Å². The minimum Gasteiger partial charge on any atom is -0.351 e. The fourth-order valence-corrected chi connectivity index (χ4v) is 3.32. The molecular weight excluding hydrogens is 302 g/mol. The molecule has 0 aromatic carbocycles. The maximum atomic E-state index is 4.61. The van der Waals surface area contributed by atoms with E-state index in [9.17, 15) is 0 Å². The number of hydrogen-bond acceptors (Lipinski definition) is 5. The van der Waals surface area contributed by atoms with Crippen molar-refractivity contribution in [3.8, 4) is 0 Å². The van der Waals surface area contributed by atoms with Crippen LogP contribution in [-0.2, 0) is 13.1 Å². The quantitative estimate of drug-likeness (QED) is 0.656. The molecule has 0 spiro atoms. The Morgan fingerprint density at radius 3 is 2.62 bits per heavy atom. The number of hydrogen-bond donors (Lipinski definition) is 2. The summed E-state index contributed by atoms with van der Waals surface area (Å²) in [6, 6.07) is 0. The Morgan fingerprint density at radius 2 is 2.05 bits per heavy atom. The topological polar surface area (TPSA) is 62.2 Å². The van der Waals surface area contributed by atoms with E-state index in [2.05, 4.69) is 44.8 Å². The predicted octanol–water partition coefficient (Wildman–Crippen LogP) is 2.90. The van der Waals surface area contributed by atoms with Crippen LogP contribution in [0.5, 0.6) is 0 Å². The highest BCUT2D eigenvalue weighted by Gasteiger charge is 2.07. The molecule has 7 heteroatoms. The molecule has 0 aliphatic rings. The van der Waals surface area contributed by atoms with Gasteiger partial charge in [0.15, 0.2) is 5.96 Å². The first-order valence-electron chi connectivity index (χ1n) is 6.88. The van der Waals surface area contributed by atoms with Gasteiger partial charge in [0.1, 0.15) is 5.01 Å². The van der Waals surface area contributed by atoms with Crippen LogP contribution >= 0.6 is 22.7 Å². The van der Waals surface area contributed by atoms with Gasteiger partial charge in [0.2, 0.25) is 0 Å². The lowest BCUT2D eigenvalue weighted by Crippen LogP contribution is -2.36. The highest BCUT2D eigenvalue weighted by Crippen LogP contribution is 2.17. The van der Waals surface area contributed by atoms with E-state index in [4.69, 9.17) is 0 Å². The average Bonchev–Trinajstić information content (AvgIpc) is 3.08. The van der Waals surface area contributed by atoms with Crippen molar-refractivity contribution in [2.75, 3.05) is 7.05 Å². The fourth-order valence-electron chi connectivity index (χ4n) is 1.71. The summed E-state index contributed by atoms with van der Waals surface area (Å²) in [5.41, 5.74) is 4.09. The normalized spacial score (nSPS) is 12.0. The molecule has 0 fully saturated rings. The summed E-state index contributed by atoms with van der Waals surface area (Å²) >= 11 is 3.34. The molecule has 0 aliphatic carbocycles. The Morgan fingerprint density at radius 1 is 1.29 bits per heavy atom. The van der Waals surface area contributed by atoms with Crippen LogP contribution in [0, 0.1) is 6.92 Å². The number of rotatable bonds is 5. The van der Waals surface area contributed by atoms with Crippen molar-refractivity contribution in [3.05, 3.63) is 32.2 Å². The molecule has 2 N–H and O–H groups in total. The zero-order chi connectivity index (χ0) is 15.2. The van der Waals surface area contributed by atoms with Crippen LogP contribution in [0.3, 0.4) is 0 Å². The Labute approximate surface area is 133 Å². The largest absolute Gasteiger partial charge is 0.351 e. The van der Waals surface area contributed by atoms with Gasteiger partial charge >= 0.3 is 0 Å². The second kappa shape index (κ2) is 7.51. The average molecular weight is 323 g/mol. The molecule has 5 nitrogen and oxygen atoms in total. The van der Waals surface area contributed by atoms with Gasteiger partial charge < -0.3 is 10.6 Å². The molecule has 2 aromatic rings. The summed E-state index contributed by atoms with van der Waals surface area (Å²) in [5, 5.41) is 9.79. The monoisotopic (exact) mass is 323 g/mol. The van der Waals surface area contributed by atoms with Crippen molar-refractivity contribution in [2.45, 2.75) is 39.8 Å². The number of nitrogens with zero attached hydrogens (tertiary/aromatic N) is 3. The molecule has 21 heavy (non-hydrogen) atoms. The van der Waals surface area contributed by atoms with Gasteiger partial charge in [-0.15, -0.1) is 22.7 Å². The van der Waals surface area contributed by atoms with E-state index >= 15 is 0 Å². The SMILES string of the molecule is CN=C(NCc1nc(C(C)C)cs1)NCc1scnc1C. The van der Waals surface area contributed by atoms with Gasteiger partial charge in [-0.05, 0) is 12.8 Å². The molecule has 2 heterocycles. The summed E-state index contributed by atoms with van der Waals surface area (Å²) in [5.74, 6) is 1.26. The Kier molecular flexibility index (Phi) is 5.69. The molecule has 0 amide bonds. The Hall–Kier alpha value is -1.47. The molecule has 0 saturated heterocycles. The van der Waals surface area contributed by atoms with Gasteiger partial charge in [0, 0.05) is 17.3 Å². The third-order valence-electron chi connectivity index (χ3n) is 3.05. The maximum Gasteiger partial charge on any atom is 0.191 e. The number of nitrogens with one attached hydrogen (secondary N) is 2. The summed E-state index contributed by atoms with van der Waals surface area (Å²) in [6.45, 7) is 7.77. The molecule has 0 saturated carbocycles. The highest BCUT2D eigenvalue weighted by atomic mass is 32.1. The molecule has 0 bridgehead atoms. The van der Waals surface area contributed by atoms with Crippen molar-refractivity contribution in [1.29, 1.82) is 0 Å². The molecule has 0 atom stereocenters. The first-order valence-corrected chi connectivity index (χ1v) is 8.64. The zero-order valence-corrected chi connectivity index (χ0v) is 14.4. The number of aliphatic imine (C=N–C) groups is 1. The van der Waals surface area contributed by atoms with E-state index in [1.54, 1.807) is 29.7 Å². The van der Waals surface area contributed by atoms with Crippen molar-refractivity contribution < 1.29 is 0 Å². The van der Waals surface area contributed by atoms with E-state index in [-0.39, 0.29) is 0 Å². The van der Waals surface area contributed by atoms with E-state index < -0.39 is 0 Å². The van der Waals surface area contributed by atoms with Crippen LogP contribution in [0.25, 0.3) is 0 Å². The summed E-state index contributed by atoms with van der Waals surface area (Å²) in [6.07, 6.45) is 0. The first kappa shape index (κ1) is 15.9. The maximum absolute atomic E-state index is 4.61. The van der Waals surface area contributed by atoms with E-state index in [0.717, 1.165) is 28.9 Å². The molecule has 2 aromatic heterocycles. The summed E-state index contributed by atoms with van der Waals surface area (Å²) < 4.78 is 0. The van der Waals surface area contributed by atoms with Gasteiger partial charge in [-0.25, -0.2) is 9.97 Å². The molecule has 114 valence electrons. The van der Waals surface area contributed by atoms with Crippen LogP contribution in [0.2, 0.25) is 0 Å². The lowest BCUT2D eigenvalue weighted by Gasteiger charge is -2.10. The summed E-state index contributed by atoms with van der Waals surface area (Å²) in [4.78, 5) is 14.3. The third kappa shape index (κ3) is 4.50. The molecule has 0 radical (unpaired) electrons. The lowest BCUT2D eigenvalue weighted by atomic mass is 10.2. The van der Waals surface area contributed by atoms with Gasteiger partial charge in [-0.2, -0.15) is 0 Å². The van der Waals surface area contributed by atoms with Crippen molar-refractivity contribution in [3.63, 3.8) is 0 Å². The third-order valence-corrected chi connectivity index (χ3v) is 4.86. The molecule has 0 unspecified atom stereocenters. The highest BCUT2D eigenvalue weighted by molar-refractivity contribution is 7.10. The van der Waals surface area contributed by atoms with Gasteiger partial charge in [-0.1, -0.05) is 13.8 Å². The molecule has 0 aliphatic heterocycles. The van der Waals surface area contributed by atoms with Crippen molar-refractivity contribution >= 4 is 28.6 Å². The number of guanidine groups is 1. The number of aryl methyl sites for hydroxylation is 1. The number of thiazole rings is 2. The van der Waals surface area contributed by atoms with Crippen LogP contribution in [0.15, 0.2) is 15.9 Å². The molecular formula is C14H21N5S2.